The van der Waals surface area contributed by atoms with Crippen LogP contribution in [0.4, 0.5) is 10.8 Å². The maximum absolute atomic E-state index is 12.0. The number of carbonyl (C=O) groups is 2. The molecule has 1 aromatic heterocycles. The van der Waals surface area contributed by atoms with Gasteiger partial charge in [0.2, 0.25) is 5.91 Å². The second-order valence-corrected chi connectivity index (χ2v) is 6.00. The van der Waals surface area contributed by atoms with Gasteiger partial charge in [0.1, 0.15) is 0 Å². The molecule has 1 N–H and O–H groups in total. The smallest absolute Gasteiger partial charge is 0.358 e. The van der Waals surface area contributed by atoms with Gasteiger partial charge in [-0.1, -0.05) is 12.1 Å². The summed E-state index contributed by atoms with van der Waals surface area (Å²) in [7, 11) is 0. The highest BCUT2D eigenvalue weighted by atomic mass is 32.1. The summed E-state index contributed by atoms with van der Waals surface area (Å²) in [6.07, 6.45) is 0.0470. The summed E-state index contributed by atoms with van der Waals surface area (Å²) < 4.78 is 4.89. The van der Waals surface area contributed by atoms with E-state index in [4.69, 9.17) is 4.74 Å². The van der Waals surface area contributed by atoms with Crippen LogP contribution in [0.2, 0.25) is 0 Å². The van der Waals surface area contributed by atoms with Gasteiger partial charge in [-0.2, -0.15) is 0 Å². The molecular weight excluding hydrogens is 334 g/mol. The van der Waals surface area contributed by atoms with Crippen LogP contribution < -0.4 is 5.32 Å². The summed E-state index contributed by atoms with van der Waals surface area (Å²) in [5.74, 6) is -0.852. The molecule has 1 heterocycles. The maximum Gasteiger partial charge on any atom is 0.358 e. The molecule has 0 aliphatic carbocycles. The van der Waals surface area contributed by atoms with Crippen molar-refractivity contribution in [1.29, 1.82) is 0 Å². The van der Waals surface area contributed by atoms with Crippen LogP contribution in [0.5, 0.6) is 0 Å². The Hall–Kier alpha value is -2.81. The quantitative estimate of drug-likeness (QED) is 0.487. The van der Waals surface area contributed by atoms with Crippen molar-refractivity contribution in [2.45, 2.75) is 20.3 Å². The number of nitrogens with zero attached hydrogens (tertiary/aromatic N) is 2. The van der Waals surface area contributed by atoms with Gasteiger partial charge in [0.05, 0.1) is 18.0 Å². The number of aryl methyl sites for hydroxylation is 1. The van der Waals surface area contributed by atoms with E-state index in [1.165, 1.54) is 35.6 Å². The van der Waals surface area contributed by atoms with Gasteiger partial charge in [0, 0.05) is 17.0 Å². The normalized spacial score (nSPS) is 10.2. The van der Waals surface area contributed by atoms with Crippen molar-refractivity contribution in [2.75, 3.05) is 11.9 Å². The molecule has 0 fully saturated rings. The van der Waals surface area contributed by atoms with E-state index in [-0.39, 0.29) is 30.3 Å². The first-order chi connectivity index (χ1) is 11.4. The monoisotopic (exact) mass is 349 g/mol. The van der Waals surface area contributed by atoms with Gasteiger partial charge >= 0.3 is 5.97 Å². The van der Waals surface area contributed by atoms with E-state index in [0.717, 1.165) is 0 Å². The predicted octanol–water partition coefficient (Wildman–Crippen LogP) is 2.72. The molecule has 1 aromatic carbocycles. The number of thiazole rings is 1. The molecule has 24 heavy (non-hydrogen) atoms. The molecule has 2 rings (SSSR count). The molecule has 0 aliphatic rings. The fourth-order valence-electron chi connectivity index (χ4n) is 1.92. The lowest BCUT2D eigenvalue weighted by molar-refractivity contribution is -0.384. The Morgan fingerprint density at radius 3 is 2.58 bits per heavy atom. The summed E-state index contributed by atoms with van der Waals surface area (Å²) in [4.78, 5) is 38.5. The molecule has 0 bridgehead atoms. The lowest BCUT2D eigenvalue weighted by Crippen LogP contribution is -2.14. The molecule has 0 atom stereocenters. The number of ether oxygens (including phenoxy) is 1. The molecular formula is C15H15N3O5S. The van der Waals surface area contributed by atoms with Crippen molar-refractivity contribution in [3.63, 3.8) is 0 Å². The number of carbonyl (C=O) groups excluding carboxylic acids is 2. The van der Waals surface area contributed by atoms with Crippen molar-refractivity contribution in [3.8, 4) is 0 Å². The van der Waals surface area contributed by atoms with Crippen LogP contribution in [0.25, 0.3) is 0 Å². The fraction of sp³-hybridized carbons (Fsp3) is 0.267. The van der Waals surface area contributed by atoms with Crippen LogP contribution >= 0.6 is 11.3 Å². The zero-order chi connectivity index (χ0) is 17.7. The van der Waals surface area contributed by atoms with E-state index < -0.39 is 10.9 Å². The molecule has 2 aromatic rings. The largest absolute Gasteiger partial charge is 0.461 e. The number of nitro groups is 1. The number of aromatic nitrogens is 1. The highest BCUT2D eigenvalue weighted by molar-refractivity contribution is 7.16. The van der Waals surface area contributed by atoms with E-state index in [1.807, 2.05) is 0 Å². The van der Waals surface area contributed by atoms with Crippen LogP contribution in [0.3, 0.4) is 0 Å². The first-order valence-corrected chi connectivity index (χ1v) is 7.90. The van der Waals surface area contributed by atoms with Gasteiger partial charge in [0.15, 0.2) is 10.8 Å². The average molecular weight is 349 g/mol. The summed E-state index contributed by atoms with van der Waals surface area (Å²) in [5, 5.41) is 13.5. The number of rotatable bonds is 6. The number of anilines is 1. The second-order valence-electron chi connectivity index (χ2n) is 4.79. The van der Waals surface area contributed by atoms with E-state index in [9.17, 15) is 19.7 Å². The van der Waals surface area contributed by atoms with E-state index in [0.29, 0.717) is 15.6 Å². The molecule has 126 valence electrons. The van der Waals surface area contributed by atoms with Crippen molar-refractivity contribution in [3.05, 3.63) is 50.5 Å². The van der Waals surface area contributed by atoms with Gasteiger partial charge < -0.3 is 10.1 Å². The third-order valence-corrected chi connectivity index (χ3v) is 3.91. The van der Waals surface area contributed by atoms with Gasteiger partial charge in [-0.25, -0.2) is 9.78 Å². The van der Waals surface area contributed by atoms with Crippen molar-refractivity contribution >= 4 is 34.0 Å². The number of non-ortho nitro benzene ring substituents is 1. The Kier molecular flexibility index (Phi) is 5.59. The molecule has 0 radical (unpaired) electrons. The molecule has 9 heteroatoms. The minimum Gasteiger partial charge on any atom is -0.461 e. The number of benzene rings is 1. The van der Waals surface area contributed by atoms with Gasteiger partial charge in [-0.05, 0) is 19.4 Å². The minimum atomic E-state index is -0.526. The van der Waals surface area contributed by atoms with Crippen LogP contribution in [0.15, 0.2) is 24.3 Å². The van der Waals surface area contributed by atoms with E-state index >= 15 is 0 Å². The summed E-state index contributed by atoms with van der Waals surface area (Å²) in [6.45, 7) is 3.67. The predicted molar refractivity (Wildman–Crippen MR) is 88.2 cm³/mol. The van der Waals surface area contributed by atoms with Crippen molar-refractivity contribution < 1.29 is 19.2 Å². The van der Waals surface area contributed by atoms with Crippen LogP contribution in [0.1, 0.15) is 27.9 Å². The van der Waals surface area contributed by atoms with E-state index in [2.05, 4.69) is 10.3 Å². The Morgan fingerprint density at radius 2 is 2.00 bits per heavy atom. The number of nitro benzene ring substituents is 1. The lowest BCUT2D eigenvalue weighted by atomic mass is 10.1. The zero-order valence-electron chi connectivity index (χ0n) is 13.1. The first kappa shape index (κ1) is 17.5. The molecule has 8 nitrogen and oxygen atoms in total. The zero-order valence-corrected chi connectivity index (χ0v) is 13.9. The molecule has 0 saturated carbocycles. The number of nitrogens with one attached hydrogen (secondary N) is 1. The van der Waals surface area contributed by atoms with Crippen LogP contribution in [-0.2, 0) is 16.0 Å². The van der Waals surface area contributed by atoms with Gasteiger partial charge in [0.25, 0.3) is 5.69 Å². The topological polar surface area (TPSA) is 111 Å². The minimum absolute atomic E-state index is 0.0335. The maximum atomic E-state index is 12.0. The Labute approximate surface area is 141 Å². The van der Waals surface area contributed by atoms with Crippen molar-refractivity contribution in [1.82, 2.24) is 4.98 Å². The Morgan fingerprint density at radius 1 is 1.33 bits per heavy atom. The molecule has 0 unspecified atom stereocenters. The summed E-state index contributed by atoms with van der Waals surface area (Å²) in [5.41, 5.74) is 0.790. The molecule has 0 spiro atoms. The summed E-state index contributed by atoms with van der Waals surface area (Å²) in [6, 6.07) is 5.73. The standard InChI is InChI=1S/C15H15N3O5S/c1-3-23-14(20)13-9(2)24-15(17-13)16-12(19)8-10-4-6-11(7-5-10)18(21)22/h4-7H,3,8H2,1-2H3,(H,16,17,19). The first-order valence-electron chi connectivity index (χ1n) is 7.08. The average Bonchev–Trinajstić information content (AvgIpc) is 2.88. The SMILES string of the molecule is CCOC(=O)c1nc(NC(=O)Cc2ccc([N+](=O)[O-])cc2)sc1C. The van der Waals surface area contributed by atoms with E-state index in [1.54, 1.807) is 13.8 Å². The molecule has 1 amide bonds. The molecule has 0 aliphatic heterocycles. The summed E-state index contributed by atoms with van der Waals surface area (Å²) >= 11 is 1.18. The molecule has 0 saturated heterocycles. The number of amides is 1. The Balaban J connectivity index is 2.01. The third-order valence-electron chi connectivity index (χ3n) is 3.02. The van der Waals surface area contributed by atoms with Gasteiger partial charge in [-0.15, -0.1) is 11.3 Å². The van der Waals surface area contributed by atoms with Crippen LogP contribution in [-0.4, -0.2) is 28.4 Å². The highest BCUT2D eigenvalue weighted by Gasteiger charge is 2.17. The van der Waals surface area contributed by atoms with Crippen LogP contribution in [0, 0.1) is 17.0 Å². The number of hydrogen-bond acceptors (Lipinski definition) is 7. The fourth-order valence-corrected chi connectivity index (χ4v) is 2.74. The number of esters is 1. The Bertz CT molecular complexity index is 770. The second kappa shape index (κ2) is 7.64. The van der Waals surface area contributed by atoms with Gasteiger partial charge in [-0.3, -0.25) is 14.9 Å². The lowest BCUT2D eigenvalue weighted by Gasteiger charge is -2.02. The number of hydrogen-bond donors (Lipinski definition) is 1. The third kappa shape index (κ3) is 4.35. The highest BCUT2D eigenvalue weighted by Crippen LogP contribution is 2.23. The van der Waals surface area contributed by atoms with Crippen molar-refractivity contribution in [2.24, 2.45) is 0 Å².